The largest absolute Gasteiger partial charge is 0.326 e. The molecule has 112 valence electrons. The molecule has 0 saturated heterocycles. The lowest BCUT2D eigenvalue weighted by molar-refractivity contribution is -0.116. The Bertz CT molecular complexity index is 553. The predicted octanol–water partition coefficient (Wildman–Crippen LogP) is 3.64. The van der Waals surface area contributed by atoms with Gasteiger partial charge < -0.3 is 10.6 Å². The lowest BCUT2D eigenvalue weighted by Gasteiger charge is -2.17. The smallest absolute Gasteiger partial charge is 0.234 e. The highest BCUT2D eigenvalue weighted by Crippen LogP contribution is 2.33. The quantitative estimate of drug-likeness (QED) is 0.893. The van der Waals surface area contributed by atoms with Crippen LogP contribution < -0.4 is 10.6 Å². The van der Waals surface area contributed by atoms with Crippen LogP contribution >= 0.6 is 11.8 Å². The van der Waals surface area contributed by atoms with Crippen molar-refractivity contribution in [1.29, 1.82) is 0 Å². The number of hydrogen-bond donors (Lipinski definition) is 2. The molecule has 0 unspecified atom stereocenters. The molecule has 1 aromatic carbocycles. The van der Waals surface area contributed by atoms with Crippen molar-refractivity contribution in [2.75, 3.05) is 16.4 Å². The molecule has 2 N–H and O–H groups in total. The van der Waals surface area contributed by atoms with Crippen LogP contribution in [0.15, 0.2) is 23.1 Å². The number of carbonyl (C=O) groups excluding carboxylic acids is 2. The summed E-state index contributed by atoms with van der Waals surface area (Å²) in [5.74, 6) is 1.27. The van der Waals surface area contributed by atoms with Gasteiger partial charge >= 0.3 is 0 Å². The Labute approximate surface area is 129 Å². The molecule has 21 heavy (non-hydrogen) atoms. The van der Waals surface area contributed by atoms with Crippen LogP contribution in [0.4, 0.5) is 11.4 Å². The topological polar surface area (TPSA) is 58.2 Å². The molecule has 0 radical (unpaired) electrons. The van der Waals surface area contributed by atoms with Crippen molar-refractivity contribution in [3.8, 4) is 0 Å². The molecule has 0 bridgehead atoms. The number of rotatable bonds is 4. The molecule has 1 fully saturated rings. The van der Waals surface area contributed by atoms with Gasteiger partial charge in [-0.25, -0.2) is 0 Å². The molecule has 1 saturated carbocycles. The Morgan fingerprint density at radius 2 is 2.14 bits per heavy atom. The molecule has 1 aliphatic carbocycles. The lowest BCUT2D eigenvalue weighted by Crippen LogP contribution is -2.19. The van der Waals surface area contributed by atoms with Crippen LogP contribution in [0.25, 0.3) is 0 Å². The van der Waals surface area contributed by atoms with Gasteiger partial charge in [0.05, 0.1) is 11.4 Å². The fourth-order valence-corrected chi connectivity index (χ4v) is 3.81. The monoisotopic (exact) mass is 304 g/mol. The third-order valence-corrected chi connectivity index (χ3v) is 5.22. The molecule has 4 nitrogen and oxygen atoms in total. The van der Waals surface area contributed by atoms with E-state index in [0.29, 0.717) is 12.2 Å². The first-order valence-corrected chi connectivity index (χ1v) is 8.56. The summed E-state index contributed by atoms with van der Waals surface area (Å²) in [5, 5.41) is 5.77. The van der Waals surface area contributed by atoms with Crippen LogP contribution in [0.3, 0.4) is 0 Å². The Hall–Kier alpha value is -1.49. The molecular formula is C16H20N2O2S. The first kappa shape index (κ1) is 14.4. The minimum Gasteiger partial charge on any atom is -0.326 e. The van der Waals surface area contributed by atoms with Crippen molar-refractivity contribution in [3.05, 3.63) is 18.2 Å². The number of hydrogen-bond acceptors (Lipinski definition) is 3. The van der Waals surface area contributed by atoms with E-state index in [4.69, 9.17) is 0 Å². The van der Waals surface area contributed by atoms with Crippen molar-refractivity contribution in [1.82, 2.24) is 0 Å². The van der Waals surface area contributed by atoms with Gasteiger partial charge in [0, 0.05) is 17.0 Å². The first-order valence-electron chi connectivity index (χ1n) is 7.57. The summed E-state index contributed by atoms with van der Waals surface area (Å²) in [4.78, 5) is 24.4. The summed E-state index contributed by atoms with van der Waals surface area (Å²) >= 11 is 1.53. The van der Waals surface area contributed by atoms with Crippen molar-refractivity contribution < 1.29 is 9.59 Å². The van der Waals surface area contributed by atoms with Gasteiger partial charge in [-0.3, -0.25) is 9.59 Å². The van der Waals surface area contributed by atoms with Gasteiger partial charge in [-0.2, -0.15) is 0 Å². The van der Waals surface area contributed by atoms with Crippen molar-refractivity contribution in [2.24, 2.45) is 5.92 Å². The van der Waals surface area contributed by atoms with E-state index in [-0.39, 0.29) is 11.8 Å². The maximum Gasteiger partial charge on any atom is 0.234 e. The molecule has 1 aliphatic heterocycles. The summed E-state index contributed by atoms with van der Waals surface area (Å²) in [7, 11) is 0. The number of fused-ring (bicyclic) bond motifs is 1. The van der Waals surface area contributed by atoms with Crippen molar-refractivity contribution in [2.45, 2.75) is 43.4 Å². The molecule has 2 aliphatic rings. The molecule has 1 heterocycles. The number of thioether (sulfide) groups is 1. The zero-order valence-electron chi connectivity index (χ0n) is 12.0. The number of benzene rings is 1. The molecular weight excluding hydrogens is 284 g/mol. The first-order chi connectivity index (χ1) is 10.2. The molecule has 0 spiro atoms. The molecule has 3 rings (SSSR count). The highest BCUT2D eigenvalue weighted by molar-refractivity contribution is 8.00. The van der Waals surface area contributed by atoms with Gasteiger partial charge in [-0.05, 0) is 30.5 Å². The number of nitrogens with one attached hydrogen (secondary N) is 2. The van der Waals surface area contributed by atoms with E-state index in [0.717, 1.165) is 28.6 Å². The van der Waals surface area contributed by atoms with E-state index in [1.807, 2.05) is 18.2 Å². The highest BCUT2D eigenvalue weighted by atomic mass is 32.2. The van der Waals surface area contributed by atoms with E-state index in [1.165, 1.54) is 37.4 Å². The minimum absolute atomic E-state index is 0.0113. The molecule has 0 atom stereocenters. The normalized spacial score (nSPS) is 18.2. The fraction of sp³-hybridized carbons (Fsp3) is 0.500. The van der Waals surface area contributed by atoms with Gasteiger partial charge in [-0.1, -0.05) is 25.7 Å². The maximum atomic E-state index is 12.0. The molecule has 0 aromatic heterocycles. The number of amides is 2. The Morgan fingerprint density at radius 1 is 1.33 bits per heavy atom. The molecule has 1 aromatic rings. The Kier molecular flexibility index (Phi) is 4.48. The van der Waals surface area contributed by atoms with Crippen LogP contribution in [-0.4, -0.2) is 17.6 Å². The van der Waals surface area contributed by atoms with Crippen LogP contribution in [-0.2, 0) is 9.59 Å². The third kappa shape index (κ3) is 3.79. The summed E-state index contributed by atoms with van der Waals surface area (Å²) in [6.07, 6.45) is 6.75. The van der Waals surface area contributed by atoms with E-state index in [9.17, 15) is 9.59 Å². The zero-order chi connectivity index (χ0) is 14.7. The predicted molar refractivity (Wildman–Crippen MR) is 85.6 cm³/mol. The highest BCUT2D eigenvalue weighted by Gasteiger charge is 2.18. The lowest BCUT2D eigenvalue weighted by atomic mass is 10.0. The zero-order valence-corrected chi connectivity index (χ0v) is 12.8. The van der Waals surface area contributed by atoms with Crippen LogP contribution in [0.1, 0.15) is 38.5 Å². The van der Waals surface area contributed by atoms with Crippen LogP contribution in [0, 0.1) is 5.92 Å². The number of carbonyl (C=O) groups is 2. The minimum atomic E-state index is 0.0113. The average Bonchev–Trinajstić information content (AvgIpc) is 2.98. The summed E-state index contributed by atoms with van der Waals surface area (Å²) < 4.78 is 0. The van der Waals surface area contributed by atoms with E-state index in [2.05, 4.69) is 10.6 Å². The Morgan fingerprint density at radius 3 is 2.95 bits per heavy atom. The summed E-state index contributed by atoms with van der Waals surface area (Å²) in [6, 6.07) is 5.69. The van der Waals surface area contributed by atoms with Gasteiger partial charge in [-0.15, -0.1) is 11.8 Å². The van der Waals surface area contributed by atoms with Gasteiger partial charge in [0.1, 0.15) is 0 Å². The van der Waals surface area contributed by atoms with Gasteiger partial charge in [0.2, 0.25) is 11.8 Å². The molecule has 5 heteroatoms. The van der Waals surface area contributed by atoms with Crippen molar-refractivity contribution >= 4 is 35.0 Å². The Balaban J connectivity index is 1.55. The summed E-state index contributed by atoms with van der Waals surface area (Å²) in [6.45, 7) is 0. The standard InChI is InChI=1S/C16H20N2O2S/c19-15(8-5-11-3-1-2-4-11)17-12-6-7-14-13(9-12)18-16(20)10-21-14/h6-7,9,11H,1-5,8,10H2,(H,17,19)(H,18,20). The SMILES string of the molecule is O=C(CCC1CCCC1)Nc1ccc2c(c1)NC(=O)CS2. The average molecular weight is 304 g/mol. The second kappa shape index (κ2) is 6.52. The fourth-order valence-electron chi connectivity index (χ4n) is 3.02. The van der Waals surface area contributed by atoms with E-state index < -0.39 is 0 Å². The third-order valence-electron chi connectivity index (χ3n) is 4.15. The molecule has 2 amide bonds. The van der Waals surface area contributed by atoms with E-state index >= 15 is 0 Å². The number of anilines is 2. The van der Waals surface area contributed by atoms with E-state index in [1.54, 1.807) is 0 Å². The van der Waals surface area contributed by atoms with Crippen LogP contribution in [0.2, 0.25) is 0 Å². The van der Waals surface area contributed by atoms with Crippen molar-refractivity contribution in [3.63, 3.8) is 0 Å². The second-order valence-electron chi connectivity index (χ2n) is 5.79. The summed E-state index contributed by atoms with van der Waals surface area (Å²) in [5.41, 5.74) is 1.55. The van der Waals surface area contributed by atoms with Crippen LogP contribution in [0.5, 0.6) is 0 Å². The van der Waals surface area contributed by atoms with Gasteiger partial charge in [0.25, 0.3) is 0 Å². The second-order valence-corrected chi connectivity index (χ2v) is 6.80. The van der Waals surface area contributed by atoms with Gasteiger partial charge in [0.15, 0.2) is 0 Å². The maximum absolute atomic E-state index is 12.0.